The van der Waals surface area contributed by atoms with Crippen LogP contribution in [0.15, 0.2) is 60.7 Å². The lowest BCUT2D eigenvalue weighted by atomic mass is 10.1. The molecule has 1 saturated heterocycles. The Kier molecular flexibility index (Phi) is 7.39. The summed E-state index contributed by atoms with van der Waals surface area (Å²) < 4.78 is 19.3. The van der Waals surface area contributed by atoms with Gasteiger partial charge in [0.25, 0.3) is 5.91 Å². The maximum atomic E-state index is 14.0. The Morgan fingerprint density at radius 1 is 1.11 bits per heavy atom. The minimum absolute atomic E-state index is 0.0480. The number of hydrogen-bond donors (Lipinski definition) is 1. The molecule has 5 rings (SSSR count). The zero-order valence-electron chi connectivity index (χ0n) is 21.0. The number of aromatic nitrogens is 1. The molecule has 1 aliphatic heterocycles. The number of carbonyl (C=O) groups excluding carboxylic acids is 1. The van der Waals surface area contributed by atoms with Gasteiger partial charge in [0, 0.05) is 41.5 Å². The third-order valence-electron chi connectivity index (χ3n) is 6.73. The molecule has 0 aliphatic carbocycles. The van der Waals surface area contributed by atoms with Crippen molar-refractivity contribution in [3.8, 4) is 5.75 Å². The molecule has 1 aliphatic rings. The number of ether oxygens (including phenoxy) is 1. The lowest BCUT2D eigenvalue weighted by molar-refractivity contribution is 0.0735. The van der Waals surface area contributed by atoms with E-state index in [1.54, 1.807) is 13.2 Å². The molecule has 37 heavy (non-hydrogen) atoms. The van der Waals surface area contributed by atoms with Crippen molar-refractivity contribution in [3.63, 3.8) is 0 Å². The summed E-state index contributed by atoms with van der Waals surface area (Å²) in [4.78, 5) is 24.3. The first-order chi connectivity index (χ1) is 17.9. The fourth-order valence-corrected chi connectivity index (χ4v) is 5.54. The molecular weight excluding hydrogens is 489 g/mol. The van der Waals surface area contributed by atoms with E-state index < -0.39 is 0 Å². The molecule has 2 aromatic carbocycles. The van der Waals surface area contributed by atoms with Gasteiger partial charge in [-0.2, -0.15) is 0 Å². The summed E-state index contributed by atoms with van der Waals surface area (Å²) in [5.74, 6) is 1.11. The molecular formula is C29H30FN3O3S. The molecule has 6 nitrogen and oxygen atoms in total. The van der Waals surface area contributed by atoms with Crippen molar-refractivity contribution in [3.05, 3.63) is 87.4 Å². The van der Waals surface area contributed by atoms with Gasteiger partial charge in [0.05, 0.1) is 30.2 Å². The number of aryl methyl sites for hydroxylation is 1. The number of pyridine rings is 1. The van der Waals surface area contributed by atoms with Gasteiger partial charge < -0.3 is 19.6 Å². The molecule has 2 aromatic heterocycles. The van der Waals surface area contributed by atoms with Crippen molar-refractivity contribution in [2.24, 2.45) is 0 Å². The molecule has 8 heteroatoms. The van der Waals surface area contributed by atoms with Gasteiger partial charge in [0.1, 0.15) is 17.4 Å². The summed E-state index contributed by atoms with van der Waals surface area (Å²) in [6.07, 6.45) is 0.962. The molecule has 0 unspecified atom stereocenters. The first kappa shape index (κ1) is 25.2. The van der Waals surface area contributed by atoms with Gasteiger partial charge >= 0.3 is 0 Å². The monoisotopic (exact) mass is 519 g/mol. The summed E-state index contributed by atoms with van der Waals surface area (Å²) in [5, 5.41) is 10.9. The van der Waals surface area contributed by atoms with Crippen LogP contribution in [0, 0.1) is 12.7 Å². The van der Waals surface area contributed by atoms with E-state index in [4.69, 9.17) is 9.72 Å². The third kappa shape index (κ3) is 5.76. The minimum Gasteiger partial charge on any atom is -0.497 e. The number of anilines is 1. The normalized spacial score (nSPS) is 14.2. The second-order valence-electron chi connectivity index (χ2n) is 9.45. The summed E-state index contributed by atoms with van der Waals surface area (Å²) in [6.45, 7) is 4.05. The second kappa shape index (κ2) is 10.9. The standard InChI is InChI=1S/C29H30FN3O3S/c1-19-3-10-27(37-19)29(35)33(17-20-4-8-25(36-2)9-5-20)18-22-15-21-6-7-23(30)16-26(21)31-28(22)32-13-11-24(34)12-14-32/h3-10,15-16,24,34H,11-14,17-18H2,1-2H3. The van der Waals surface area contributed by atoms with E-state index in [2.05, 4.69) is 4.90 Å². The summed E-state index contributed by atoms with van der Waals surface area (Å²) in [5.41, 5.74) is 2.46. The number of thiophene rings is 1. The fraction of sp³-hybridized carbons (Fsp3) is 0.310. The van der Waals surface area contributed by atoms with Gasteiger partial charge in [-0.25, -0.2) is 9.37 Å². The maximum Gasteiger partial charge on any atom is 0.264 e. The van der Waals surface area contributed by atoms with E-state index in [0.29, 0.717) is 49.4 Å². The Labute approximate surface area is 219 Å². The number of aliphatic hydroxyl groups excluding tert-OH is 1. The lowest BCUT2D eigenvalue weighted by Gasteiger charge is -2.33. The van der Waals surface area contributed by atoms with Crippen LogP contribution in [0.4, 0.5) is 10.2 Å². The van der Waals surface area contributed by atoms with E-state index in [1.807, 2.05) is 54.3 Å². The molecule has 0 bridgehead atoms. The molecule has 0 atom stereocenters. The molecule has 1 N–H and O–H groups in total. The highest BCUT2D eigenvalue weighted by Crippen LogP contribution is 2.30. The van der Waals surface area contributed by atoms with Crippen LogP contribution in [0.2, 0.25) is 0 Å². The highest BCUT2D eigenvalue weighted by molar-refractivity contribution is 7.13. The van der Waals surface area contributed by atoms with Crippen LogP contribution >= 0.6 is 11.3 Å². The topological polar surface area (TPSA) is 65.9 Å². The van der Waals surface area contributed by atoms with Crippen LogP contribution in [-0.4, -0.2) is 47.2 Å². The molecule has 3 heterocycles. The van der Waals surface area contributed by atoms with Crippen molar-refractivity contribution in [1.29, 1.82) is 0 Å². The average molecular weight is 520 g/mol. The molecule has 192 valence electrons. The van der Waals surface area contributed by atoms with Crippen LogP contribution in [0.3, 0.4) is 0 Å². The Bertz CT molecular complexity index is 1400. The van der Waals surface area contributed by atoms with Gasteiger partial charge in [0.2, 0.25) is 0 Å². The quantitative estimate of drug-likeness (QED) is 0.347. The Morgan fingerprint density at radius 2 is 1.86 bits per heavy atom. The number of methoxy groups -OCH3 is 1. The van der Waals surface area contributed by atoms with E-state index >= 15 is 0 Å². The van der Waals surface area contributed by atoms with Crippen LogP contribution in [-0.2, 0) is 13.1 Å². The zero-order valence-corrected chi connectivity index (χ0v) is 21.8. The summed E-state index contributed by atoms with van der Waals surface area (Å²) >= 11 is 1.48. The predicted octanol–water partition coefficient (Wildman–Crippen LogP) is 5.56. The predicted molar refractivity (Wildman–Crippen MR) is 145 cm³/mol. The minimum atomic E-state index is -0.336. The van der Waals surface area contributed by atoms with Crippen molar-refractivity contribution in [1.82, 2.24) is 9.88 Å². The first-order valence-electron chi connectivity index (χ1n) is 12.4. The molecule has 0 radical (unpaired) electrons. The van der Waals surface area contributed by atoms with Gasteiger partial charge in [-0.3, -0.25) is 4.79 Å². The number of benzene rings is 2. The first-order valence-corrected chi connectivity index (χ1v) is 13.2. The molecule has 4 aromatic rings. The summed E-state index contributed by atoms with van der Waals surface area (Å²) in [6, 6.07) is 18.2. The van der Waals surface area contributed by atoms with Crippen molar-refractivity contribution < 1.29 is 19.0 Å². The van der Waals surface area contributed by atoms with E-state index in [-0.39, 0.29) is 17.8 Å². The number of rotatable bonds is 7. The highest BCUT2D eigenvalue weighted by atomic mass is 32.1. The number of piperidine rings is 1. The Balaban J connectivity index is 1.54. The second-order valence-corrected chi connectivity index (χ2v) is 10.7. The number of aliphatic hydroxyl groups is 1. The van der Waals surface area contributed by atoms with Gasteiger partial charge in [0.15, 0.2) is 0 Å². The largest absolute Gasteiger partial charge is 0.497 e. The zero-order chi connectivity index (χ0) is 25.9. The van der Waals surface area contributed by atoms with Crippen LogP contribution < -0.4 is 9.64 Å². The lowest BCUT2D eigenvalue weighted by Crippen LogP contribution is -2.38. The smallest absolute Gasteiger partial charge is 0.264 e. The van der Waals surface area contributed by atoms with E-state index in [0.717, 1.165) is 33.0 Å². The number of amides is 1. The van der Waals surface area contributed by atoms with Crippen LogP contribution in [0.5, 0.6) is 5.75 Å². The molecule has 0 spiro atoms. The maximum absolute atomic E-state index is 14.0. The Morgan fingerprint density at radius 3 is 2.54 bits per heavy atom. The van der Waals surface area contributed by atoms with E-state index in [1.165, 1.54) is 23.5 Å². The Hall–Kier alpha value is -3.49. The SMILES string of the molecule is COc1ccc(CN(Cc2cc3ccc(F)cc3nc2N2CCC(O)CC2)C(=O)c2ccc(C)s2)cc1. The van der Waals surface area contributed by atoms with Crippen molar-refractivity contribution in [2.45, 2.75) is 39.0 Å². The average Bonchev–Trinajstić information content (AvgIpc) is 3.34. The van der Waals surface area contributed by atoms with Crippen LogP contribution in [0.25, 0.3) is 10.9 Å². The van der Waals surface area contributed by atoms with Crippen molar-refractivity contribution in [2.75, 3.05) is 25.1 Å². The number of hydrogen-bond acceptors (Lipinski definition) is 6. The van der Waals surface area contributed by atoms with E-state index in [9.17, 15) is 14.3 Å². The molecule has 0 saturated carbocycles. The number of fused-ring (bicyclic) bond motifs is 1. The van der Waals surface area contributed by atoms with Gasteiger partial charge in [-0.1, -0.05) is 12.1 Å². The summed E-state index contributed by atoms with van der Waals surface area (Å²) in [7, 11) is 1.63. The van der Waals surface area contributed by atoms with Gasteiger partial charge in [-0.15, -0.1) is 11.3 Å². The fourth-order valence-electron chi connectivity index (χ4n) is 4.70. The number of halogens is 1. The molecule has 1 fully saturated rings. The molecule has 1 amide bonds. The van der Waals surface area contributed by atoms with Crippen LogP contribution in [0.1, 0.15) is 38.5 Å². The third-order valence-corrected chi connectivity index (χ3v) is 7.72. The van der Waals surface area contributed by atoms with Gasteiger partial charge in [-0.05, 0) is 67.8 Å². The number of nitrogens with zero attached hydrogens (tertiary/aromatic N) is 3. The highest BCUT2D eigenvalue weighted by Gasteiger charge is 2.25. The number of carbonyl (C=O) groups is 1. The van der Waals surface area contributed by atoms with Crippen molar-refractivity contribution >= 4 is 34.0 Å².